The van der Waals surface area contributed by atoms with Crippen molar-refractivity contribution in [1.82, 2.24) is 20.1 Å². The third-order valence-corrected chi connectivity index (χ3v) is 3.90. The molecule has 0 aromatic carbocycles. The molecule has 17 heavy (non-hydrogen) atoms. The Morgan fingerprint density at radius 3 is 2.71 bits per heavy atom. The summed E-state index contributed by atoms with van der Waals surface area (Å²) in [4.78, 5) is 5.79. The van der Waals surface area contributed by atoms with Crippen LogP contribution in [0.4, 0.5) is 0 Å². The van der Waals surface area contributed by atoms with E-state index in [0.717, 1.165) is 17.2 Å². The van der Waals surface area contributed by atoms with Crippen molar-refractivity contribution in [3.05, 3.63) is 33.5 Å². The highest BCUT2D eigenvalue weighted by atomic mass is 32.1. The highest BCUT2D eigenvalue weighted by molar-refractivity contribution is 7.11. The summed E-state index contributed by atoms with van der Waals surface area (Å²) in [5.74, 6) is 0. The molecule has 2 heterocycles. The van der Waals surface area contributed by atoms with Gasteiger partial charge < -0.3 is 5.32 Å². The average molecular weight is 250 g/mol. The second-order valence-corrected chi connectivity index (χ2v) is 5.29. The Bertz CT molecular complexity index is 500. The Morgan fingerprint density at radius 1 is 1.47 bits per heavy atom. The van der Waals surface area contributed by atoms with Crippen LogP contribution in [0.15, 0.2) is 12.3 Å². The average Bonchev–Trinajstić information content (AvgIpc) is 2.82. The summed E-state index contributed by atoms with van der Waals surface area (Å²) in [5.41, 5.74) is 2.29. The zero-order valence-corrected chi connectivity index (χ0v) is 11.5. The number of aromatic nitrogens is 3. The van der Waals surface area contributed by atoms with Gasteiger partial charge in [0.1, 0.15) is 0 Å². The first-order chi connectivity index (χ1) is 8.13. The molecule has 0 amide bonds. The van der Waals surface area contributed by atoms with E-state index in [-0.39, 0.29) is 6.04 Å². The zero-order chi connectivity index (χ0) is 12.4. The Balaban J connectivity index is 2.42. The molecule has 0 aliphatic heterocycles. The van der Waals surface area contributed by atoms with Gasteiger partial charge in [-0.1, -0.05) is 6.92 Å². The molecule has 1 atom stereocenters. The van der Waals surface area contributed by atoms with Gasteiger partial charge in [-0.3, -0.25) is 4.68 Å². The fourth-order valence-corrected chi connectivity index (χ4v) is 3.03. The summed E-state index contributed by atoms with van der Waals surface area (Å²) in [5, 5.41) is 8.86. The molecule has 1 N–H and O–H groups in total. The van der Waals surface area contributed by atoms with Gasteiger partial charge in [-0.05, 0) is 26.5 Å². The highest BCUT2D eigenvalue weighted by Gasteiger charge is 2.20. The van der Waals surface area contributed by atoms with Crippen LogP contribution in [0, 0.1) is 13.8 Å². The summed E-state index contributed by atoms with van der Waals surface area (Å²) in [6.45, 7) is 7.16. The minimum atomic E-state index is 0.193. The van der Waals surface area contributed by atoms with E-state index in [9.17, 15) is 0 Å². The van der Waals surface area contributed by atoms with Crippen molar-refractivity contribution in [2.45, 2.75) is 26.8 Å². The smallest absolute Gasteiger partial charge is 0.0900 e. The molecule has 5 heteroatoms. The number of hydrogen-bond donors (Lipinski definition) is 1. The van der Waals surface area contributed by atoms with Gasteiger partial charge in [0.15, 0.2) is 0 Å². The van der Waals surface area contributed by atoms with E-state index >= 15 is 0 Å². The molecule has 0 spiro atoms. The largest absolute Gasteiger partial charge is 0.305 e. The zero-order valence-electron chi connectivity index (χ0n) is 10.7. The van der Waals surface area contributed by atoms with E-state index in [1.54, 1.807) is 11.3 Å². The molecular weight excluding hydrogens is 232 g/mol. The fraction of sp³-hybridized carbons (Fsp3) is 0.500. The minimum absolute atomic E-state index is 0.193. The van der Waals surface area contributed by atoms with Gasteiger partial charge >= 0.3 is 0 Å². The first kappa shape index (κ1) is 12.3. The Morgan fingerprint density at radius 2 is 2.24 bits per heavy atom. The van der Waals surface area contributed by atoms with E-state index in [0.29, 0.717) is 0 Å². The van der Waals surface area contributed by atoms with Crippen molar-refractivity contribution in [1.29, 1.82) is 0 Å². The van der Waals surface area contributed by atoms with E-state index in [4.69, 9.17) is 0 Å². The van der Waals surface area contributed by atoms with E-state index in [1.165, 1.54) is 10.6 Å². The number of aryl methyl sites for hydroxylation is 3. The quantitative estimate of drug-likeness (QED) is 0.904. The predicted molar refractivity (Wildman–Crippen MR) is 70.3 cm³/mol. The molecule has 0 saturated heterocycles. The van der Waals surface area contributed by atoms with Gasteiger partial charge in [-0.15, -0.1) is 11.3 Å². The highest BCUT2D eigenvalue weighted by Crippen LogP contribution is 2.29. The number of hydrogen-bond acceptors (Lipinski definition) is 4. The molecule has 0 fully saturated rings. The summed E-state index contributed by atoms with van der Waals surface area (Å²) < 4.78 is 1.92. The lowest BCUT2D eigenvalue weighted by Gasteiger charge is -2.17. The first-order valence-electron chi connectivity index (χ1n) is 5.78. The normalized spacial score (nSPS) is 12.9. The first-order valence-corrected chi connectivity index (χ1v) is 6.60. The fourth-order valence-electron chi connectivity index (χ4n) is 2.02. The van der Waals surface area contributed by atoms with Crippen molar-refractivity contribution in [2.75, 3.05) is 6.54 Å². The maximum atomic E-state index is 4.50. The Labute approximate surface area is 106 Å². The standard InChI is InChI=1S/C12H18N4S/c1-5-13-11(10-6-7-14-16(10)4)12-8(2)15-9(3)17-12/h6-7,11,13H,5H2,1-4H3. The van der Waals surface area contributed by atoms with E-state index < -0.39 is 0 Å². The van der Waals surface area contributed by atoms with Gasteiger partial charge in [-0.2, -0.15) is 5.10 Å². The summed E-state index contributed by atoms with van der Waals surface area (Å²) in [7, 11) is 1.98. The van der Waals surface area contributed by atoms with Gasteiger partial charge in [0.05, 0.1) is 27.3 Å². The molecule has 2 aromatic rings. The van der Waals surface area contributed by atoms with Crippen LogP contribution in [0.3, 0.4) is 0 Å². The predicted octanol–water partition coefficient (Wildman–Crippen LogP) is 2.19. The Hall–Kier alpha value is -1.20. The molecule has 2 aromatic heterocycles. The lowest BCUT2D eigenvalue weighted by molar-refractivity contribution is 0.576. The van der Waals surface area contributed by atoms with Crippen LogP contribution in [-0.4, -0.2) is 21.3 Å². The maximum absolute atomic E-state index is 4.50. The molecule has 92 valence electrons. The molecule has 0 radical (unpaired) electrons. The van der Waals surface area contributed by atoms with Gasteiger partial charge in [0, 0.05) is 13.2 Å². The molecule has 0 aliphatic carbocycles. The van der Waals surface area contributed by atoms with Gasteiger partial charge in [0.2, 0.25) is 0 Å². The number of nitrogens with one attached hydrogen (secondary N) is 1. The second-order valence-electron chi connectivity index (χ2n) is 4.05. The summed E-state index contributed by atoms with van der Waals surface area (Å²) >= 11 is 1.75. The van der Waals surface area contributed by atoms with E-state index in [1.807, 2.05) is 24.9 Å². The topological polar surface area (TPSA) is 42.7 Å². The minimum Gasteiger partial charge on any atom is -0.305 e. The van der Waals surface area contributed by atoms with Crippen molar-refractivity contribution < 1.29 is 0 Å². The van der Waals surface area contributed by atoms with Crippen molar-refractivity contribution in [2.24, 2.45) is 7.05 Å². The molecule has 4 nitrogen and oxygen atoms in total. The molecular formula is C12H18N4S. The Kier molecular flexibility index (Phi) is 3.59. The lowest BCUT2D eigenvalue weighted by Crippen LogP contribution is -2.24. The second kappa shape index (κ2) is 4.98. The van der Waals surface area contributed by atoms with Crippen LogP contribution in [-0.2, 0) is 7.05 Å². The molecule has 0 aliphatic rings. The molecule has 0 saturated carbocycles. The molecule has 2 rings (SSSR count). The molecule has 1 unspecified atom stereocenters. The number of nitrogens with zero attached hydrogens (tertiary/aromatic N) is 3. The van der Waals surface area contributed by atoms with Gasteiger partial charge in [-0.25, -0.2) is 4.98 Å². The third-order valence-electron chi connectivity index (χ3n) is 2.76. The van der Waals surface area contributed by atoms with Crippen LogP contribution in [0.5, 0.6) is 0 Å². The lowest BCUT2D eigenvalue weighted by atomic mass is 10.1. The van der Waals surface area contributed by atoms with Crippen molar-refractivity contribution in [3.8, 4) is 0 Å². The summed E-state index contributed by atoms with van der Waals surface area (Å²) in [6.07, 6.45) is 1.84. The monoisotopic (exact) mass is 250 g/mol. The van der Waals surface area contributed by atoms with Crippen molar-refractivity contribution >= 4 is 11.3 Å². The maximum Gasteiger partial charge on any atom is 0.0900 e. The molecule has 0 bridgehead atoms. The van der Waals surface area contributed by atoms with Crippen LogP contribution >= 0.6 is 11.3 Å². The SMILES string of the molecule is CCNC(c1sc(C)nc1C)c1ccnn1C. The van der Waals surface area contributed by atoms with Crippen LogP contribution in [0.2, 0.25) is 0 Å². The third kappa shape index (κ3) is 2.40. The van der Waals surface area contributed by atoms with Crippen LogP contribution in [0.1, 0.15) is 34.2 Å². The number of rotatable bonds is 4. The van der Waals surface area contributed by atoms with Crippen LogP contribution in [0.25, 0.3) is 0 Å². The van der Waals surface area contributed by atoms with Crippen molar-refractivity contribution in [3.63, 3.8) is 0 Å². The van der Waals surface area contributed by atoms with Gasteiger partial charge in [0.25, 0.3) is 0 Å². The number of thiazole rings is 1. The van der Waals surface area contributed by atoms with E-state index in [2.05, 4.69) is 35.3 Å². The van der Waals surface area contributed by atoms with Crippen LogP contribution < -0.4 is 5.32 Å². The summed E-state index contributed by atoms with van der Waals surface area (Å²) in [6, 6.07) is 2.25.